The van der Waals surface area contributed by atoms with Crippen molar-refractivity contribution in [3.05, 3.63) is 28.2 Å². The van der Waals surface area contributed by atoms with Crippen LogP contribution in [0.25, 0.3) is 0 Å². The van der Waals surface area contributed by atoms with Crippen molar-refractivity contribution in [3.8, 4) is 0 Å². The molecule has 1 N–H and O–H groups in total. The van der Waals surface area contributed by atoms with Crippen LogP contribution in [0.5, 0.6) is 0 Å². The first-order valence-electron chi connectivity index (χ1n) is 5.73. The zero-order valence-corrected chi connectivity index (χ0v) is 11.4. The Morgan fingerprint density at radius 2 is 2.25 bits per heavy atom. The summed E-state index contributed by atoms with van der Waals surface area (Å²) in [6.07, 6.45) is 2.65. The zero-order chi connectivity index (χ0) is 11.5. The fourth-order valence-electron chi connectivity index (χ4n) is 1.93. The molecule has 1 fully saturated rings. The summed E-state index contributed by atoms with van der Waals surface area (Å²) < 4.78 is 6.43. The largest absolute Gasteiger partial charge is 0.383 e. The second-order valence-electron chi connectivity index (χ2n) is 4.48. The maximum Gasteiger partial charge on any atom is 0.0666 e. The summed E-state index contributed by atoms with van der Waals surface area (Å²) >= 11 is 3.63. The molecule has 0 aromatic heterocycles. The highest BCUT2D eigenvalue weighted by Crippen LogP contribution is 2.36. The summed E-state index contributed by atoms with van der Waals surface area (Å²) in [5.41, 5.74) is 2.44. The molecule has 88 valence electrons. The molecule has 0 saturated heterocycles. The lowest BCUT2D eigenvalue weighted by molar-refractivity contribution is 0.179. The molecule has 2 rings (SSSR count). The first-order chi connectivity index (χ1) is 7.72. The van der Waals surface area contributed by atoms with E-state index < -0.39 is 0 Å². The van der Waals surface area contributed by atoms with Gasteiger partial charge in [-0.15, -0.1) is 0 Å². The second kappa shape index (κ2) is 5.19. The van der Waals surface area contributed by atoms with E-state index in [2.05, 4.69) is 46.4 Å². The van der Waals surface area contributed by atoms with E-state index in [0.717, 1.165) is 17.0 Å². The number of hydrogen-bond donors (Lipinski definition) is 1. The van der Waals surface area contributed by atoms with Gasteiger partial charge in [0.05, 0.1) is 12.6 Å². The normalized spacial score (nSPS) is 17.2. The minimum absolute atomic E-state index is 0.447. The zero-order valence-electron chi connectivity index (χ0n) is 9.79. The quantitative estimate of drug-likeness (QED) is 0.892. The summed E-state index contributed by atoms with van der Waals surface area (Å²) in [5, 5.41) is 3.58. The minimum Gasteiger partial charge on any atom is -0.383 e. The molecule has 0 heterocycles. The van der Waals surface area contributed by atoms with Crippen LogP contribution in [0, 0.1) is 12.8 Å². The summed E-state index contributed by atoms with van der Waals surface area (Å²) in [6.45, 7) is 2.89. The molecular formula is C13H18BrNO. The van der Waals surface area contributed by atoms with Crippen LogP contribution in [0.3, 0.4) is 0 Å². The van der Waals surface area contributed by atoms with Gasteiger partial charge in [-0.2, -0.15) is 0 Å². The molecule has 0 bridgehead atoms. The third-order valence-corrected chi connectivity index (χ3v) is 4.12. The molecule has 1 aliphatic rings. The van der Waals surface area contributed by atoms with Crippen molar-refractivity contribution in [3.63, 3.8) is 0 Å². The molecule has 0 spiro atoms. The third-order valence-electron chi connectivity index (χ3n) is 3.07. The predicted molar refractivity (Wildman–Crippen MR) is 70.9 cm³/mol. The van der Waals surface area contributed by atoms with E-state index in [1.54, 1.807) is 7.11 Å². The van der Waals surface area contributed by atoms with Crippen LogP contribution in [-0.2, 0) is 4.74 Å². The van der Waals surface area contributed by atoms with Crippen LogP contribution in [0.4, 0.5) is 5.69 Å². The Morgan fingerprint density at radius 1 is 1.50 bits per heavy atom. The van der Waals surface area contributed by atoms with Crippen molar-refractivity contribution < 1.29 is 4.74 Å². The van der Waals surface area contributed by atoms with Crippen molar-refractivity contribution >= 4 is 21.6 Å². The molecule has 16 heavy (non-hydrogen) atoms. The van der Waals surface area contributed by atoms with Gasteiger partial charge in [-0.25, -0.2) is 0 Å². The van der Waals surface area contributed by atoms with Gasteiger partial charge in [0.1, 0.15) is 0 Å². The Morgan fingerprint density at radius 3 is 2.88 bits per heavy atom. The van der Waals surface area contributed by atoms with E-state index in [-0.39, 0.29) is 0 Å². The topological polar surface area (TPSA) is 21.3 Å². The van der Waals surface area contributed by atoms with Crippen molar-refractivity contribution in [2.75, 3.05) is 19.0 Å². The van der Waals surface area contributed by atoms with Gasteiger partial charge in [0.2, 0.25) is 0 Å². The Balaban J connectivity index is 2.08. The highest BCUT2D eigenvalue weighted by atomic mass is 79.9. The highest BCUT2D eigenvalue weighted by molar-refractivity contribution is 9.10. The molecule has 0 aliphatic heterocycles. The number of methoxy groups -OCH3 is 1. The number of rotatable bonds is 5. The van der Waals surface area contributed by atoms with Gasteiger partial charge in [0, 0.05) is 17.3 Å². The molecule has 1 saturated carbocycles. The molecule has 1 aromatic carbocycles. The lowest BCUT2D eigenvalue weighted by atomic mass is 10.1. The number of anilines is 1. The van der Waals surface area contributed by atoms with Crippen molar-refractivity contribution in [2.24, 2.45) is 5.92 Å². The van der Waals surface area contributed by atoms with E-state index >= 15 is 0 Å². The van der Waals surface area contributed by atoms with Gasteiger partial charge in [-0.05, 0) is 53.2 Å². The lowest BCUT2D eigenvalue weighted by Crippen LogP contribution is -2.27. The van der Waals surface area contributed by atoms with E-state index in [1.807, 2.05) is 0 Å². The number of benzene rings is 1. The molecular weight excluding hydrogens is 266 g/mol. The van der Waals surface area contributed by atoms with Crippen LogP contribution in [0.2, 0.25) is 0 Å². The Hall–Kier alpha value is -0.540. The average molecular weight is 284 g/mol. The summed E-state index contributed by atoms with van der Waals surface area (Å²) in [6, 6.07) is 6.75. The standard InChI is InChI=1S/C13H18BrNO/c1-9-4-3-5-11(13(9)14)15-12(8-16-2)10-6-7-10/h3-5,10,12,15H,6-8H2,1-2H3. The number of hydrogen-bond acceptors (Lipinski definition) is 2. The van der Waals surface area contributed by atoms with Gasteiger partial charge in [-0.3, -0.25) is 0 Å². The van der Waals surface area contributed by atoms with Gasteiger partial charge in [0.25, 0.3) is 0 Å². The van der Waals surface area contributed by atoms with E-state index in [4.69, 9.17) is 4.74 Å². The third kappa shape index (κ3) is 2.77. The van der Waals surface area contributed by atoms with Gasteiger partial charge in [-0.1, -0.05) is 12.1 Å². The number of aryl methyl sites for hydroxylation is 1. The molecule has 1 aliphatic carbocycles. The summed E-state index contributed by atoms with van der Waals surface area (Å²) in [5.74, 6) is 0.785. The van der Waals surface area contributed by atoms with Crippen molar-refractivity contribution in [2.45, 2.75) is 25.8 Å². The Labute approximate surface area is 106 Å². The summed E-state index contributed by atoms with van der Waals surface area (Å²) in [7, 11) is 1.77. The highest BCUT2D eigenvalue weighted by Gasteiger charge is 2.31. The second-order valence-corrected chi connectivity index (χ2v) is 5.27. The van der Waals surface area contributed by atoms with Crippen LogP contribution >= 0.6 is 15.9 Å². The molecule has 0 amide bonds. The molecule has 1 unspecified atom stereocenters. The SMILES string of the molecule is COCC(Nc1cccc(C)c1Br)C1CC1. The van der Waals surface area contributed by atoms with Crippen LogP contribution in [0.15, 0.2) is 22.7 Å². The van der Waals surface area contributed by atoms with Crippen LogP contribution in [-0.4, -0.2) is 19.8 Å². The Bertz CT molecular complexity index is 363. The first kappa shape index (κ1) is 11.9. The predicted octanol–water partition coefficient (Wildman–Crippen LogP) is 3.59. The first-order valence-corrected chi connectivity index (χ1v) is 6.52. The van der Waals surface area contributed by atoms with Crippen molar-refractivity contribution in [1.29, 1.82) is 0 Å². The molecule has 0 radical (unpaired) electrons. The monoisotopic (exact) mass is 283 g/mol. The van der Waals surface area contributed by atoms with Gasteiger partial charge in [0.15, 0.2) is 0 Å². The summed E-state index contributed by atoms with van der Waals surface area (Å²) in [4.78, 5) is 0. The maximum absolute atomic E-state index is 5.27. The number of nitrogens with one attached hydrogen (secondary N) is 1. The maximum atomic E-state index is 5.27. The number of halogens is 1. The Kier molecular flexibility index (Phi) is 3.87. The minimum atomic E-state index is 0.447. The van der Waals surface area contributed by atoms with Crippen LogP contribution < -0.4 is 5.32 Å². The number of ether oxygens (including phenoxy) is 1. The fraction of sp³-hybridized carbons (Fsp3) is 0.538. The van der Waals surface area contributed by atoms with E-state index in [0.29, 0.717) is 6.04 Å². The van der Waals surface area contributed by atoms with Crippen molar-refractivity contribution in [1.82, 2.24) is 0 Å². The lowest BCUT2D eigenvalue weighted by Gasteiger charge is -2.20. The molecule has 2 nitrogen and oxygen atoms in total. The van der Waals surface area contributed by atoms with Gasteiger partial charge < -0.3 is 10.1 Å². The molecule has 1 atom stereocenters. The van der Waals surface area contributed by atoms with Crippen LogP contribution in [0.1, 0.15) is 18.4 Å². The van der Waals surface area contributed by atoms with Gasteiger partial charge >= 0.3 is 0 Å². The molecule has 3 heteroatoms. The van der Waals surface area contributed by atoms with E-state index in [9.17, 15) is 0 Å². The molecule has 1 aromatic rings. The fourth-order valence-corrected chi connectivity index (χ4v) is 2.31. The van der Waals surface area contributed by atoms with E-state index in [1.165, 1.54) is 24.1 Å². The smallest absolute Gasteiger partial charge is 0.0666 e. The average Bonchev–Trinajstić information content (AvgIpc) is 3.07.